The molecule has 0 radical (unpaired) electrons. The zero-order valence-corrected chi connectivity index (χ0v) is 17.0. The molecular weight excluding hydrogens is 433 g/mol. The van der Waals surface area contributed by atoms with E-state index in [1.165, 1.54) is 18.7 Å². The van der Waals surface area contributed by atoms with Crippen molar-refractivity contribution in [2.24, 2.45) is 4.99 Å². The van der Waals surface area contributed by atoms with Gasteiger partial charge in [0.2, 0.25) is 0 Å². The molecule has 2 aromatic heterocycles. The van der Waals surface area contributed by atoms with Gasteiger partial charge >= 0.3 is 0 Å². The fraction of sp³-hybridized carbons (Fsp3) is 0.529. The number of imidazole rings is 1. The standard InChI is InChI=1S/C17H25N5O2.HI/c1-12-6-7-15(24-12)14(23)10-20-17(18-2)19-9-13-11-22-8-4-3-5-16(22)21-13;/h6-7,11,14,23H,3-5,8-10H2,1-2H3,(H2,18,19,20);1H. The van der Waals surface area contributed by atoms with Crippen LogP contribution in [0, 0.1) is 6.92 Å². The number of aryl methyl sites for hydroxylation is 3. The van der Waals surface area contributed by atoms with Crippen LogP contribution in [0.5, 0.6) is 0 Å². The molecule has 0 saturated carbocycles. The summed E-state index contributed by atoms with van der Waals surface area (Å²) in [7, 11) is 1.71. The van der Waals surface area contributed by atoms with Crippen molar-refractivity contribution in [3.8, 4) is 0 Å². The molecule has 3 rings (SSSR count). The third-order valence-electron chi connectivity index (χ3n) is 4.17. The molecule has 0 aliphatic carbocycles. The fourth-order valence-electron chi connectivity index (χ4n) is 2.88. The number of halogens is 1. The third-order valence-corrected chi connectivity index (χ3v) is 4.17. The minimum atomic E-state index is -0.711. The van der Waals surface area contributed by atoms with Crippen molar-refractivity contribution in [3.63, 3.8) is 0 Å². The van der Waals surface area contributed by atoms with Crippen molar-refractivity contribution in [2.75, 3.05) is 13.6 Å². The average Bonchev–Trinajstić information content (AvgIpc) is 3.20. The van der Waals surface area contributed by atoms with Crippen LogP contribution in [0.1, 0.15) is 42.0 Å². The van der Waals surface area contributed by atoms with Gasteiger partial charge in [-0.3, -0.25) is 4.99 Å². The summed E-state index contributed by atoms with van der Waals surface area (Å²) in [5.74, 6) is 3.14. The molecule has 0 fully saturated rings. The van der Waals surface area contributed by atoms with Crippen molar-refractivity contribution in [3.05, 3.63) is 41.4 Å². The Balaban J connectivity index is 0.00000225. The molecule has 3 heterocycles. The Morgan fingerprint density at radius 3 is 2.92 bits per heavy atom. The molecule has 7 nitrogen and oxygen atoms in total. The van der Waals surface area contributed by atoms with Crippen LogP contribution in [-0.4, -0.2) is 34.2 Å². The summed E-state index contributed by atoms with van der Waals surface area (Å²) in [6.45, 7) is 3.85. The van der Waals surface area contributed by atoms with Crippen LogP contribution in [0.4, 0.5) is 0 Å². The number of aliphatic hydroxyl groups excluding tert-OH is 1. The number of hydrogen-bond acceptors (Lipinski definition) is 4. The second-order valence-corrected chi connectivity index (χ2v) is 6.07. The van der Waals surface area contributed by atoms with Crippen LogP contribution in [0.15, 0.2) is 27.7 Å². The van der Waals surface area contributed by atoms with Crippen LogP contribution < -0.4 is 10.6 Å². The highest BCUT2D eigenvalue weighted by Crippen LogP contribution is 2.15. The molecule has 0 bridgehead atoms. The summed E-state index contributed by atoms with van der Waals surface area (Å²) >= 11 is 0. The normalized spacial score (nSPS) is 15.2. The molecular formula is C17H26IN5O2. The van der Waals surface area contributed by atoms with E-state index in [4.69, 9.17) is 4.42 Å². The highest BCUT2D eigenvalue weighted by atomic mass is 127. The molecule has 3 N–H and O–H groups in total. The van der Waals surface area contributed by atoms with E-state index in [0.29, 0.717) is 24.8 Å². The fourth-order valence-corrected chi connectivity index (χ4v) is 2.88. The van der Waals surface area contributed by atoms with Gasteiger partial charge in [-0.25, -0.2) is 4.98 Å². The van der Waals surface area contributed by atoms with Crippen LogP contribution in [0.2, 0.25) is 0 Å². The Labute approximate surface area is 164 Å². The van der Waals surface area contributed by atoms with Crippen LogP contribution in [-0.2, 0) is 19.5 Å². The minimum Gasteiger partial charge on any atom is -0.464 e. The maximum Gasteiger partial charge on any atom is 0.191 e. The smallest absolute Gasteiger partial charge is 0.191 e. The van der Waals surface area contributed by atoms with Gasteiger partial charge in [0.05, 0.1) is 18.8 Å². The summed E-state index contributed by atoms with van der Waals surface area (Å²) < 4.78 is 7.66. The Bertz CT molecular complexity index is 686. The first kappa shape index (κ1) is 19.8. The number of rotatable bonds is 5. The lowest BCUT2D eigenvalue weighted by Crippen LogP contribution is -2.39. The summed E-state index contributed by atoms with van der Waals surface area (Å²) in [4.78, 5) is 8.83. The van der Waals surface area contributed by atoms with E-state index in [1.54, 1.807) is 13.1 Å². The van der Waals surface area contributed by atoms with E-state index in [-0.39, 0.29) is 24.0 Å². The first-order valence-corrected chi connectivity index (χ1v) is 8.39. The van der Waals surface area contributed by atoms with Crippen LogP contribution in [0.25, 0.3) is 0 Å². The lowest BCUT2D eigenvalue weighted by atomic mass is 10.2. The molecule has 1 aliphatic heterocycles. The topological polar surface area (TPSA) is 87.6 Å². The number of nitrogens with zero attached hydrogens (tertiary/aromatic N) is 3. The molecule has 138 valence electrons. The molecule has 8 heteroatoms. The predicted octanol–water partition coefficient (Wildman–Crippen LogP) is 2.14. The molecule has 1 aliphatic rings. The van der Waals surface area contributed by atoms with Crippen molar-refractivity contribution < 1.29 is 9.52 Å². The van der Waals surface area contributed by atoms with E-state index >= 15 is 0 Å². The lowest BCUT2D eigenvalue weighted by Gasteiger charge is -2.13. The summed E-state index contributed by atoms with van der Waals surface area (Å²) in [5, 5.41) is 16.5. The maximum absolute atomic E-state index is 10.1. The molecule has 2 aromatic rings. The van der Waals surface area contributed by atoms with Crippen molar-refractivity contribution >= 4 is 29.9 Å². The van der Waals surface area contributed by atoms with Gasteiger partial charge in [0.25, 0.3) is 0 Å². The first-order valence-electron chi connectivity index (χ1n) is 8.39. The number of fused-ring (bicyclic) bond motifs is 1. The number of aliphatic imine (C=N–C) groups is 1. The minimum absolute atomic E-state index is 0. The van der Waals surface area contributed by atoms with Crippen LogP contribution >= 0.6 is 24.0 Å². The summed E-state index contributed by atoms with van der Waals surface area (Å²) in [5.41, 5.74) is 1.01. The number of aromatic nitrogens is 2. The van der Waals surface area contributed by atoms with Crippen molar-refractivity contribution in [1.82, 2.24) is 20.2 Å². The van der Waals surface area contributed by atoms with Gasteiger partial charge in [-0.2, -0.15) is 0 Å². The Morgan fingerprint density at radius 1 is 1.40 bits per heavy atom. The predicted molar refractivity (Wildman–Crippen MR) is 107 cm³/mol. The first-order chi connectivity index (χ1) is 11.7. The zero-order chi connectivity index (χ0) is 16.9. The molecule has 1 unspecified atom stereocenters. The summed E-state index contributed by atoms with van der Waals surface area (Å²) in [6, 6.07) is 3.62. The monoisotopic (exact) mass is 459 g/mol. The average molecular weight is 459 g/mol. The third kappa shape index (κ3) is 5.21. The molecule has 0 saturated heterocycles. The molecule has 25 heavy (non-hydrogen) atoms. The summed E-state index contributed by atoms with van der Waals surface area (Å²) in [6.07, 6.45) is 4.90. The van der Waals surface area contributed by atoms with Gasteiger partial charge in [-0.1, -0.05) is 0 Å². The van der Waals surface area contributed by atoms with Gasteiger partial charge in [0.1, 0.15) is 23.4 Å². The maximum atomic E-state index is 10.1. The molecule has 0 aromatic carbocycles. The van der Waals surface area contributed by atoms with E-state index in [0.717, 1.165) is 24.4 Å². The number of aliphatic hydroxyl groups is 1. The largest absolute Gasteiger partial charge is 0.464 e. The Hall–Kier alpha value is -1.55. The van der Waals surface area contributed by atoms with Gasteiger partial charge < -0.3 is 24.7 Å². The molecule has 0 amide bonds. The van der Waals surface area contributed by atoms with E-state index < -0.39 is 6.10 Å². The number of furan rings is 1. The van der Waals surface area contributed by atoms with Crippen LogP contribution in [0.3, 0.4) is 0 Å². The highest BCUT2D eigenvalue weighted by Gasteiger charge is 2.14. The number of guanidine groups is 1. The van der Waals surface area contributed by atoms with Gasteiger partial charge in [0.15, 0.2) is 5.96 Å². The Morgan fingerprint density at radius 2 is 2.24 bits per heavy atom. The van der Waals surface area contributed by atoms with Gasteiger partial charge in [-0.05, 0) is 31.9 Å². The van der Waals surface area contributed by atoms with Crippen molar-refractivity contribution in [1.29, 1.82) is 0 Å². The Kier molecular flexibility index (Phi) is 7.30. The zero-order valence-electron chi connectivity index (χ0n) is 14.7. The number of hydrogen-bond donors (Lipinski definition) is 3. The SMILES string of the molecule is CN=C(NCc1cn2c(n1)CCCC2)NCC(O)c1ccc(C)o1.I. The second-order valence-electron chi connectivity index (χ2n) is 6.07. The van der Waals surface area contributed by atoms with Crippen molar-refractivity contribution in [2.45, 2.75) is 45.4 Å². The second kappa shape index (κ2) is 9.23. The van der Waals surface area contributed by atoms with Gasteiger partial charge in [-0.15, -0.1) is 24.0 Å². The molecule has 1 atom stereocenters. The number of nitrogens with one attached hydrogen (secondary N) is 2. The highest BCUT2D eigenvalue weighted by molar-refractivity contribution is 14.0. The van der Waals surface area contributed by atoms with Gasteiger partial charge in [0, 0.05) is 26.2 Å². The molecule has 0 spiro atoms. The van der Waals surface area contributed by atoms with E-state index in [9.17, 15) is 5.11 Å². The van der Waals surface area contributed by atoms with E-state index in [2.05, 4.69) is 31.4 Å². The van der Waals surface area contributed by atoms with E-state index in [1.807, 2.05) is 13.0 Å². The quantitative estimate of drug-likeness (QED) is 0.363. The lowest BCUT2D eigenvalue weighted by molar-refractivity contribution is 0.151.